The van der Waals surface area contributed by atoms with Gasteiger partial charge in [0, 0.05) is 9.52 Å². The van der Waals surface area contributed by atoms with Gasteiger partial charge in [-0.15, -0.1) is 69.1 Å². The van der Waals surface area contributed by atoms with Gasteiger partial charge in [-0.05, 0) is 11.1 Å². The minimum Gasteiger partial charge on any atom is -0.343 e. The average molecular weight is 906 g/mol. The van der Waals surface area contributed by atoms with Gasteiger partial charge in [0.05, 0.1) is 0 Å². The van der Waals surface area contributed by atoms with Crippen LogP contribution in [0.2, 0.25) is 12.1 Å². The molecular weight excluding hydrogens is 835 g/mol. The molecule has 1 aliphatic heterocycles. The second-order valence-corrected chi connectivity index (χ2v) is 14.8. The first kappa shape index (κ1) is 55.2. The normalized spacial score (nSPS) is 10.7. The number of unbranched alkanes of at least 4 members (excludes halogenated alkanes) is 4. The second-order valence-electron chi connectivity index (χ2n) is 13.3. The van der Waals surface area contributed by atoms with E-state index in [-0.39, 0.29) is 52.4 Å². The van der Waals surface area contributed by atoms with E-state index in [0.717, 1.165) is 25.7 Å². The molecule has 0 aliphatic carbocycles. The van der Waals surface area contributed by atoms with E-state index in [1.165, 1.54) is 115 Å². The van der Waals surface area contributed by atoms with Crippen LogP contribution in [0.25, 0.3) is 43.8 Å². The molecule has 1 fully saturated rings. The van der Waals surface area contributed by atoms with Crippen molar-refractivity contribution in [3.63, 3.8) is 0 Å². The molecular formula is C52H70SiZr2. The standard InChI is InChI=1S/2C16H13.C4H8Si.4C4H9.2Zr/c2*1-12-10-14-8-5-9-15(16(14)11-12)13-6-3-2-4-7-13;1-2-4-5-3-1;4*1-3-4-2;;/h2*2-11H,1H3;1-4H2;4*1,3-4H2,2H3;;/q2*-1;;4*-1;2*+3. The minimum absolute atomic E-state index is 0. The third-order valence-corrected chi connectivity index (χ3v) is 9.75. The smallest absolute Gasteiger partial charge is 0.343 e. The van der Waals surface area contributed by atoms with E-state index in [0.29, 0.717) is 0 Å². The van der Waals surface area contributed by atoms with E-state index >= 15 is 0 Å². The number of benzene rings is 4. The van der Waals surface area contributed by atoms with Crippen LogP contribution in [-0.4, -0.2) is 9.52 Å². The predicted octanol–water partition coefficient (Wildman–Crippen LogP) is 16.9. The summed E-state index contributed by atoms with van der Waals surface area (Å²) >= 11 is 0. The van der Waals surface area contributed by atoms with Crippen LogP contribution in [0, 0.1) is 41.5 Å². The summed E-state index contributed by atoms with van der Waals surface area (Å²) in [6, 6.07) is 46.2. The Kier molecular flexibility index (Phi) is 36.5. The Balaban J connectivity index is 0. The summed E-state index contributed by atoms with van der Waals surface area (Å²) in [6.45, 7) is 27.2. The van der Waals surface area contributed by atoms with Gasteiger partial charge >= 0.3 is 52.4 Å². The van der Waals surface area contributed by atoms with Crippen molar-refractivity contribution in [2.75, 3.05) is 0 Å². The first-order chi connectivity index (χ1) is 25.8. The number of hydrogen-bond donors (Lipinski definition) is 0. The van der Waals surface area contributed by atoms with Crippen molar-refractivity contribution >= 4 is 31.1 Å². The van der Waals surface area contributed by atoms with Crippen LogP contribution in [0.1, 0.15) is 103 Å². The third-order valence-electron chi connectivity index (χ3n) is 8.33. The zero-order valence-corrected chi connectivity index (χ0v) is 41.3. The van der Waals surface area contributed by atoms with E-state index in [1.54, 1.807) is 0 Å². The van der Waals surface area contributed by atoms with Crippen LogP contribution in [0.5, 0.6) is 0 Å². The fourth-order valence-corrected chi connectivity index (χ4v) is 6.38. The molecule has 0 saturated carbocycles. The molecule has 0 bridgehead atoms. The van der Waals surface area contributed by atoms with Gasteiger partial charge in [-0.25, -0.2) is 0 Å². The third kappa shape index (κ3) is 23.2. The van der Waals surface area contributed by atoms with Crippen molar-refractivity contribution in [2.24, 2.45) is 0 Å². The molecule has 1 saturated heterocycles. The fraction of sp³-hybridized carbons (Fsp3) is 0.346. The Hall–Kier alpha value is -1.92. The maximum absolute atomic E-state index is 3.60. The van der Waals surface area contributed by atoms with Gasteiger partial charge in [0.15, 0.2) is 0 Å². The average Bonchev–Trinajstić information content (AvgIpc) is 4.01. The summed E-state index contributed by atoms with van der Waals surface area (Å²) in [5.41, 5.74) is 7.89. The topological polar surface area (TPSA) is 0 Å². The van der Waals surface area contributed by atoms with Gasteiger partial charge in [-0.1, -0.05) is 176 Å². The molecule has 4 radical (unpaired) electrons. The molecule has 7 rings (SSSR count). The minimum atomic E-state index is 0. The quantitative estimate of drug-likeness (QED) is 0.115. The van der Waals surface area contributed by atoms with Crippen molar-refractivity contribution < 1.29 is 52.4 Å². The van der Waals surface area contributed by atoms with Crippen molar-refractivity contribution in [1.82, 2.24) is 0 Å². The van der Waals surface area contributed by atoms with Gasteiger partial charge in [-0.2, -0.15) is 37.8 Å². The molecule has 55 heavy (non-hydrogen) atoms. The van der Waals surface area contributed by atoms with Crippen molar-refractivity contribution in [3.05, 3.63) is 160 Å². The molecule has 0 atom stereocenters. The SMILES string of the molecule is C1CC[Si]C1.Cc1cc2c(-c3ccccc3)cccc2[cH-]1.Cc1cc2c(-c3ccccc3)cccc2[cH-]1.[CH2-]CCC.[CH2-]CCC.[CH2-]CCC.[CH2-]CCC.[Zr+3].[Zr+3]. The van der Waals surface area contributed by atoms with Gasteiger partial charge in [-0.3, -0.25) is 0 Å². The molecule has 1 heterocycles. The predicted molar refractivity (Wildman–Crippen MR) is 245 cm³/mol. The summed E-state index contributed by atoms with van der Waals surface area (Å²) < 4.78 is 0. The molecule has 6 aromatic rings. The van der Waals surface area contributed by atoms with Crippen LogP contribution in [-0.2, 0) is 52.4 Å². The Morgan fingerprint density at radius 1 is 0.473 bits per heavy atom. The number of rotatable bonds is 6. The molecule has 0 nitrogen and oxygen atoms in total. The Labute approximate surface area is 380 Å². The molecule has 3 heteroatoms. The Morgan fingerprint density at radius 2 is 0.782 bits per heavy atom. The summed E-state index contributed by atoms with van der Waals surface area (Å²) in [4.78, 5) is 0. The number of hydrogen-bond acceptors (Lipinski definition) is 0. The molecule has 0 amide bonds. The largest absolute Gasteiger partial charge is 3.00 e. The molecule has 6 aromatic carbocycles. The van der Waals surface area contributed by atoms with Crippen molar-refractivity contribution in [1.29, 1.82) is 0 Å². The van der Waals surface area contributed by atoms with E-state index in [4.69, 9.17) is 0 Å². The van der Waals surface area contributed by atoms with Gasteiger partial charge in [0.1, 0.15) is 0 Å². The summed E-state index contributed by atoms with van der Waals surface area (Å²) in [6.07, 6.45) is 12.1. The Bertz CT molecular complexity index is 1550. The van der Waals surface area contributed by atoms with E-state index in [2.05, 4.69) is 191 Å². The van der Waals surface area contributed by atoms with E-state index < -0.39 is 0 Å². The van der Waals surface area contributed by atoms with Crippen molar-refractivity contribution in [3.8, 4) is 22.3 Å². The van der Waals surface area contributed by atoms with Gasteiger partial charge in [0.2, 0.25) is 0 Å². The molecule has 0 spiro atoms. The van der Waals surface area contributed by atoms with Crippen LogP contribution in [0.15, 0.2) is 121 Å². The van der Waals surface area contributed by atoms with Crippen LogP contribution < -0.4 is 0 Å². The molecule has 0 N–H and O–H groups in total. The zero-order chi connectivity index (χ0) is 39.1. The molecule has 0 unspecified atom stereocenters. The summed E-state index contributed by atoms with van der Waals surface area (Å²) in [7, 11) is 1.31. The molecule has 290 valence electrons. The zero-order valence-electron chi connectivity index (χ0n) is 35.4. The number of aryl methyl sites for hydroxylation is 2. The first-order valence-corrected chi connectivity index (χ1v) is 21.6. The summed E-state index contributed by atoms with van der Waals surface area (Å²) in [5.74, 6) is 0. The van der Waals surface area contributed by atoms with Crippen LogP contribution in [0.4, 0.5) is 0 Å². The van der Waals surface area contributed by atoms with Gasteiger partial charge in [0.25, 0.3) is 0 Å². The Morgan fingerprint density at radius 3 is 1.04 bits per heavy atom. The fourth-order valence-electron chi connectivity index (χ4n) is 5.13. The van der Waals surface area contributed by atoms with Crippen LogP contribution >= 0.6 is 0 Å². The number of fused-ring (bicyclic) bond motifs is 2. The monoisotopic (exact) mass is 902 g/mol. The van der Waals surface area contributed by atoms with Gasteiger partial charge < -0.3 is 27.7 Å². The van der Waals surface area contributed by atoms with E-state index in [9.17, 15) is 0 Å². The van der Waals surface area contributed by atoms with Crippen LogP contribution in [0.3, 0.4) is 0 Å². The molecule has 1 aliphatic rings. The maximum atomic E-state index is 3.60. The summed E-state index contributed by atoms with van der Waals surface area (Å²) in [5, 5.41) is 5.37. The van der Waals surface area contributed by atoms with Crippen molar-refractivity contribution in [2.45, 2.75) is 118 Å². The molecule has 0 aromatic heterocycles. The first-order valence-electron chi connectivity index (χ1n) is 20.2. The maximum Gasteiger partial charge on any atom is 3.00 e. The van der Waals surface area contributed by atoms with E-state index in [1.807, 2.05) is 0 Å². The second kappa shape index (κ2) is 36.4.